The Morgan fingerprint density at radius 3 is 3.06 bits per heavy atom. The number of hydrogen-bond acceptors (Lipinski definition) is 3. The summed E-state index contributed by atoms with van der Waals surface area (Å²) in [6.07, 6.45) is 3.19. The van der Waals surface area contributed by atoms with Crippen LogP contribution in [0.25, 0.3) is 0 Å². The van der Waals surface area contributed by atoms with Crippen LogP contribution in [0.5, 0.6) is 0 Å². The second kappa shape index (κ2) is 5.50. The summed E-state index contributed by atoms with van der Waals surface area (Å²) in [7, 11) is 1.71. The molecule has 5 nitrogen and oxygen atoms in total. The Kier molecular flexibility index (Phi) is 4.01. The molecule has 92 valence electrons. The number of amides is 2. The summed E-state index contributed by atoms with van der Waals surface area (Å²) in [5.74, 6) is 0. The fourth-order valence-electron chi connectivity index (χ4n) is 2.23. The van der Waals surface area contributed by atoms with Crippen LogP contribution in [0.3, 0.4) is 0 Å². The quantitative estimate of drug-likeness (QED) is 0.753. The van der Waals surface area contributed by atoms with E-state index < -0.39 is 0 Å². The van der Waals surface area contributed by atoms with Crippen LogP contribution in [-0.4, -0.2) is 56.5 Å². The van der Waals surface area contributed by atoms with Gasteiger partial charge in [0.1, 0.15) is 0 Å². The van der Waals surface area contributed by atoms with Crippen LogP contribution in [0.2, 0.25) is 0 Å². The van der Waals surface area contributed by atoms with Crippen molar-refractivity contribution >= 4 is 6.03 Å². The summed E-state index contributed by atoms with van der Waals surface area (Å²) in [6, 6.07) is 0.215. The lowest BCUT2D eigenvalue weighted by molar-refractivity contribution is 0.0429. The van der Waals surface area contributed by atoms with Crippen molar-refractivity contribution in [3.05, 3.63) is 0 Å². The van der Waals surface area contributed by atoms with Crippen molar-refractivity contribution in [2.75, 3.05) is 33.4 Å². The van der Waals surface area contributed by atoms with Gasteiger partial charge in [-0.2, -0.15) is 0 Å². The molecule has 0 bridgehead atoms. The maximum absolute atomic E-state index is 11.9. The molecule has 1 N–H and O–H groups in total. The standard InChI is InChI=1S/C11H20N2O3/c1-15-10-3-2-5-13(7-10)11(14)12-9-4-6-16-8-9/h9-10H,2-8H2,1H3,(H,12,14). The first kappa shape index (κ1) is 11.7. The molecule has 2 amide bonds. The number of likely N-dealkylation sites (tertiary alicyclic amines) is 1. The van der Waals surface area contributed by atoms with E-state index in [0.29, 0.717) is 13.2 Å². The van der Waals surface area contributed by atoms with E-state index in [9.17, 15) is 4.79 Å². The predicted molar refractivity (Wildman–Crippen MR) is 59.4 cm³/mol. The largest absolute Gasteiger partial charge is 0.380 e. The highest BCUT2D eigenvalue weighted by Gasteiger charge is 2.26. The molecule has 0 saturated carbocycles. The first-order valence-electron chi connectivity index (χ1n) is 5.95. The van der Waals surface area contributed by atoms with Gasteiger partial charge in [0.05, 0.1) is 18.8 Å². The molecule has 0 aliphatic carbocycles. The third-order valence-electron chi connectivity index (χ3n) is 3.26. The van der Waals surface area contributed by atoms with Gasteiger partial charge in [0.2, 0.25) is 0 Å². The number of carbonyl (C=O) groups excluding carboxylic acids is 1. The van der Waals surface area contributed by atoms with Crippen LogP contribution < -0.4 is 5.32 Å². The third-order valence-corrected chi connectivity index (χ3v) is 3.26. The van der Waals surface area contributed by atoms with Gasteiger partial charge in [-0.25, -0.2) is 4.79 Å². The van der Waals surface area contributed by atoms with Gasteiger partial charge >= 0.3 is 6.03 Å². The second-order valence-electron chi connectivity index (χ2n) is 4.46. The minimum absolute atomic E-state index is 0.0252. The molecule has 5 heteroatoms. The SMILES string of the molecule is COC1CCCN(C(=O)NC2CCOC2)C1. The maximum Gasteiger partial charge on any atom is 0.317 e. The fraction of sp³-hybridized carbons (Fsp3) is 0.909. The van der Waals surface area contributed by atoms with Gasteiger partial charge in [0.15, 0.2) is 0 Å². The number of piperidine rings is 1. The topological polar surface area (TPSA) is 50.8 Å². The van der Waals surface area contributed by atoms with E-state index in [1.807, 2.05) is 4.90 Å². The van der Waals surface area contributed by atoms with Crippen LogP contribution >= 0.6 is 0 Å². The molecule has 2 atom stereocenters. The molecule has 2 heterocycles. The summed E-state index contributed by atoms with van der Waals surface area (Å²) in [4.78, 5) is 13.8. The van der Waals surface area contributed by atoms with E-state index in [1.165, 1.54) is 0 Å². The Bertz CT molecular complexity index is 241. The Morgan fingerprint density at radius 2 is 2.38 bits per heavy atom. The van der Waals surface area contributed by atoms with Gasteiger partial charge in [0, 0.05) is 26.8 Å². The van der Waals surface area contributed by atoms with Gasteiger partial charge in [-0.3, -0.25) is 0 Å². The van der Waals surface area contributed by atoms with E-state index in [1.54, 1.807) is 7.11 Å². The van der Waals surface area contributed by atoms with Crippen molar-refractivity contribution in [1.29, 1.82) is 0 Å². The Hall–Kier alpha value is -0.810. The smallest absolute Gasteiger partial charge is 0.317 e. The zero-order valence-electron chi connectivity index (χ0n) is 9.78. The highest BCUT2D eigenvalue weighted by atomic mass is 16.5. The summed E-state index contributed by atoms with van der Waals surface area (Å²) >= 11 is 0. The zero-order chi connectivity index (χ0) is 11.4. The van der Waals surface area contributed by atoms with Gasteiger partial charge in [-0.15, -0.1) is 0 Å². The van der Waals surface area contributed by atoms with Crippen molar-refractivity contribution < 1.29 is 14.3 Å². The molecule has 2 unspecified atom stereocenters. The minimum Gasteiger partial charge on any atom is -0.380 e. The number of rotatable bonds is 2. The molecule has 2 rings (SSSR count). The predicted octanol–water partition coefficient (Wildman–Crippen LogP) is 0.596. The number of nitrogens with zero attached hydrogens (tertiary/aromatic N) is 1. The average Bonchev–Trinajstić information content (AvgIpc) is 2.82. The number of ether oxygens (including phenoxy) is 2. The molecule has 16 heavy (non-hydrogen) atoms. The number of hydrogen-bond donors (Lipinski definition) is 1. The molecule has 0 radical (unpaired) electrons. The minimum atomic E-state index is 0.0252. The maximum atomic E-state index is 11.9. The van der Waals surface area contributed by atoms with E-state index >= 15 is 0 Å². The molecule has 0 spiro atoms. The summed E-state index contributed by atoms with van der Waals surface area (Å²) in [6.45, 7) is 2.94. The summed E-state index contributed by atoms with van der Waals surface area (Å²) in [5.41, 5.74) is 0. The molecule has 0 aromatic carbocycles. The molecule has 2 fully saturated rings. The molecular weight excluding hydrogens is 208 g/mol. The lowest BCUT2D eigenvalue weighted by atomic mass is 10.1. The van der Waals surface area contributed by atoms with E-state index in [0.717, 1.165) is 32.4 Å². The normalized spacial score (nSPS) is 30.4. The monoisotopic (exact) mass is 228 g/mol. The van der Waals surface area contributed by atoms with Crippen LogP contribution in [0, 0.1) is 0 Å². The van der Waals surface area contributed by atoms with Crippen LogP contribution in [0.1, 0.15) is 19.3 Å². The second-order valence-corrected chi connectivity index (χ2v) is 4.46. The number of carbonyl (C=O) groups is 1. The van der Waals surface area contributed by atoms with E-state index in [-0.39, 0.29) is 18.2 Å². The number of nitrogens with one attached hydrogen (secondary N) is 1. The number of urea groups is 1. The van der Waals surface area contributed by atoms with Crippen molar-refractivity contribution in [3.8, 4) is 0 Å². The molecule has 0 aromatic heterocycles. The molecule has 2 saturated heterocycles. The van der Waals surface area contributed by atoms with Crippen molar-refractivity contribution in [2.24, 2.45) is 0 Å². The Balaban J connectivity index is 1.79. The first-order valence-corrected chi connectivity index (χ1v) is 5.95. The Labute approximate surface area is 96.1 Å². The van der Waals surface area contributed by atoms with Gasteiger partial charge in [0.25, 0.3) is 0 Å². The summed E-state index contributed by atoms with van der Waals surface area (Å²) in [5, 5.41) is 3.00. The van der Waals surface area contributed by atoms with E-state index in [2.05, 4.69) is 5.32 Å². The van der Waals surface area contributed by atoms with Crippen LogP contribution in [0.4, 0.5) is 4.79 Å². The van der Waals surface area contributed by atoms with Crippen molar-refractivity contribution in [3.63, 3.8) is 0 Å². The van der Waals surface area contributed by atoms with Crippen LogP contribution in [0.15, 0.2) is 0 Å². The number of methoxy groups -OCH3 is 1. The first-order chi connectivity index (χ1) is 7.79. The lowest BCUT2D eigenvalue weighted by Crippen LogP contribution is -2.50. The van der Waals surface area contributed by atoms with Gasteiger partial charge < -0.3 is 19.7 Å². The van der Waals surface area contributed by atoms with Gasteiger partial charge in [-0.1, -0.05) is 0 Å². The third kappa shape index (κ3) is 2.86. The van der Waals surface area contributed by atoms with Crippen molar-refractivity contribution in [1.82, 2.24) is 10.2 Å². The lowest BCUT2D eigenvalue weighted by Gasteiger charge is -2.32. The van der Waals surface area contributed by atoms with Crippen LogP contribution in [-0.2, 0) is 9.47 Å². The van der Waals surface area contributed by atoms with E-state index in [4.69, 9.17) is 9.47 Å². The fourth-order valence-corrected chi connectivity index (χ4v) is 2.23. The highest BCUT2D eigenvalue weighted by Crippen LogP contribution is 2.13. The Morgan fingerprint density at radius 1 is 1.50 bits per heavy atom. The molecular formula is C11H20N2O3. The molecule has 2 aliphatic rings. The molecule has 2 aliphatic heterocycles. The zero-order valence-corrected chi connectivity index (χ0v) is 9.78. The average molecular weight is 228 g/mol. The van der Waals surface area contributed by atoms with Gasteiger partial charge in [-0.05, 0) is 19.3 Å². The molecule has 0 aromatic rings. The highest BCUT2D eigenvalue weighted by molar-refractivity contribution is 5.74. The summed E-state index contributed by atoms with van der Waals surface area (Å²) < 4.78 is 10.5. The van der Waals surface area contributed by atoms with Crippen molar-refractivity contribution in [2.45, 2.75) is 31.4 Å².